The minimum absolute atomic E-state index is 0.210. The largest absolute Gasteiger partial charge is 0.474 e. The van der Waals surface area contributed by atoms with Gasteiger partial charge in [0, 0.05) is 23.0 Å². The lowest BCUT2D eigenvalue weighted by atomic mass is 9.66. The van der Waals surface area contributed by atoms with E-state index in [1.807, 2.05) is 0 Å². The molecule has 1 fully saturated rings. The molecule has 26 heavy (non-hydrogen) atoms. The van der Waals surface area contributed by atoms with Crippen molar-refractivity contribution in [1.82, 2.24) is 9.47 Å². The minimum atomic E-state index is 0.210. The number of aliphatic imine (C=N–C) groups is 1. The first-order valence-corrected chi connectivity index (χ1v) is 10.1. The minimum Gasteiger partial charge on any atom is -0.474 e. The molecule has 0 aliphatic carbocycles. The average molecular weight is 347 g/mol. The van der Waals surface area contributed by atoms with Crippen LogP contribution >= 0.6 is 0 Å². The molecule has 4 aliphatic rings. The third kappa shape index (κ3) is 1.76. The lowest BCUT2D eigenvalue weighted by molar-refractivity contribution is 0.0272. The first kappa shape index (κ1) is 15.0. The van der Waals surface area contributed by atoms with Gasteiger partial charge in [0.05, 0.1) is 18.1 Å². The Balaban J connectivity index is 1.72. The molecule has 0 N–H and O–H groups in total. The molecule has 0 bridgehead atoms. The molecule has 0 spiro atoms. The molecule has 5 heterocycles. The second kappa shape index (κ2) is 5.23. The van der Waals surface area contributed by atoms with Crippen LogP contribution in [0.2, 0.25) is 0 Å². The SMILES string of the molecule is CC[C@@]12C=C(C3=NCCO3)n3c4c(c5ccccc53)CCN(CCC1)[C@H]42. The molecule has 0 saturated carbocycles. The molecule has 1 aromatic heterocycles. The zero-order valence-electron chi connectivity index (χ0n) is 15.4. The van der Waals surface area contributed by atoms with E-state index < -0.39 is 0 Å². The van der Waals surface area contributed by atoms with Gasteiger partial charge in [0.1, 0.15) is 12.3 Å². The van der Waals surface area contributed by atoms with Crippen molar-refractivity contribution in [2.24, 2.45) is 10.4 Å². The Bertz CT molecular complexity index is 969. The van der Waals surface area contributed by atoms with Crippen LogP contribution in [0.1, 0.15) is 43.5 Å². The fraction of sp³-hybridized carbons (Fsp3) is 0.500. The molecule has 6 rings (SSSR count). The van der Waals surface area contributed by atoms with Crippen LogP contribution in [-0.2, 0) is 11.2 Å². The van der Waals surface area contributed by atoms with Gasteiger partial charge in [-0.05, 0) is 49.9 Å². The monoisotopic (exact) mass is 347 g/mol. The summed E-state index contributed by atoms with van der Waals surface area (Å²) in [7, 11) is 0. The smallest absolute Gasteiger partial charge is 0.233 e. The molecule has 1 aromatic carbocycles. The van der Waals surface area contributed by atoms with E-state index in [4.69, 9.17) is 9.73 Å². The van der Waals surface area contributed by atoms with E-state index in [1.165, 1.54) is 54.6 Å². The molecule has 4 nitrogen and oxygen atoms in total. The van der Waals surface area contributed by atoms with Gasteiger partial charge in [-0.1, -0.05) is 25.1 Å². The molecule has 2 aromatic rings. The first-order valence-electron chi connectivity index (χ1n) is 10.1. The maximum Gasteiger partial charge on any atom is 0.233 e. The van der Waals surface area contributed by atoms with Crippen molar-refractivity contribution >= 4 is 22.5 Å². The molecule has 4 heteroatoms. The summed E-state index contributed by atoms with van der Waals surface area (Å²) in [6.45, 7) is 6.27. The lowest BCUT2D eigenvalue weighted by Gasteiger charge is -2.53. The van der Waals surface area contributed by atoms with Crippen molar-refractivity contribution in [2.45, 2.75) is 38.6 Å². The van der Waals surface area contributed by atoms with Crippen LogP contribution in [0.3, 0.4) is 0 Å². The number of benzene rings is 1. The zero-order chi connectivity index (χ0) is 17.3. The van der Waals surface area contributed by atoms with Crippen molar-refractivity contribution in [2.75, 3.05) is 26.2 Å². The van der Waals surface area contributed by atoms with Gasteiger partial charge in [-0.25, -0.2) is 4.99 Å². The number of piperidine rings is 1. The van der Waals surface area contributed by atoms with Crippen molar-refractivity contribution in [1.29, 1.82) is 0 Å². The Labute approximate surface area is 154 Å². The lowest BCUT2D eigenvalue weighted by Crippen LogP contribution is -2.51. The number of rotatable bonds is 2. The van der Waals surface area contributed by atoms with E-state index in [0.29, 0.717) is 12.6 Å². The Morgan fingerprint density at radius 1 is 1.27 bits per heavy atom. The van der Waals surface area contributed by atoms with Crippen molar-refractivity contribution in [3.05, 3.63) is 41.6 Å². The molecular formula is C22H25N3O. The van der Waals surface area contributed by atoms with Crippen LogP contribution in [-0.4, -0.2) is 41.6 Å². The number of aromatic nitrogens is 1. The molecule has 1 saturated heterocycles. The van der Waals surface area contributed by atoms with E-state index in [0.717, 1.165) is 18.9 Å². The summed E-state index contributed by atoms with van der Waals surface area (Å²) in [4.78, 5) is 7.45. The average Bonchev–Trinajstić information content (AvgIpc) is 3.33. The number of ether oxygens (including phenoxy) is 1. The summed E-state index contributed by atoms with van der Waals surface area (Å²) >= 11 is 0. The first-order chi connectivity index (χ1) is 12.8. The Kier molecular flexibility index (Phi) is 3.02. The third-order valence-corrected chi connectivity index (χ3v) is 7.05. The molecule has 134 valence electrons. The maximum atomic E-state index is 5.97. The van der Waals surface area contributed by atoms with Crippen molar-refractivity contribution in [3.8, 4) is 0 Å². The van der Waals surface area contributed by atoms with Gasteiger partial charge in [0.25, 0.3) is 0 Å². The van der Waals surface area contributed by atoms with Gasteiger partial charge in [-0.2, -0.15) is 0 Å². The van der Waals surface area contributed by atoms with Gasteiger partial charge in [0.15, 0.2) is 0 Å². The predicted octanol–water partition coefficient (Wildman–Crippen LogP) is 4.01. The van der Waals surface area contributed by atoms with Gasteiger partial charge in [-0.15, -0.1) is 0 Å². The highest BCUT2D eigenvalue weighted by atomic mass is 16.5. The second-order valence-corrected chi connectivity index (χ2v) is 8.16. The van der Waals surface area contributed by atoms with Crippen LogP contribution in [0.15, 0.2) is 35.3 Å². The maximum absolute atomic E-state index is 5.97. The molecular weight excluding hydrogens is 322 g/mol. The standard InChI is InChI=1S/C22H25N3O/c1-2-22-9-5-11-24-12-8-16-15-6-3-4-7-17(15)25(19(16)20(22)24)18(14-22)21-23-10-13-26-21/h3-4,6-7,14,20H,2,5,8-13H2,1H3/t20-,22+/m1/s1. The van der Waals surface area contributed by atoms with E-state index in [-0.39, 0.29) is 5.41 Å². The Morgan fingerprint density at radius 3 is 3.04 bits per heavy atom. The highest BCUT2D eigenvalue weighted by Gasteiger charge is 2.51. The van der Waals surface area contributed by atoms with Crippen LogP contribution in [0, 0.1) is 5.41 Å². The van der Waals surface area contributed by atoms with E-state index >= 15 is 0 Å². The zero-order valence-corrected chi connectivity index (χ0v) is 15.4. The number of para-hydroxylation sites is 1. The summed E-state index contributed by atoms with van der Waals surface area (Å²) in [6.07, 6.45) is 7.41. The van der Waals surface area contributed by atoms with Gasteiger partial charge in [-0.3, -0.25) is 4.90 Å². The van der Waals surface area contributed by atoms with Crippen LogP contribution in [0.4, 0.5) is 0 Å². The normalized spacial score (nSPS) is 30.0. The summed E-state index contributed by atoms with van der Waals surface area (Å²) in [5, 5.41) is 1.42. The number of fused-ring (bicyclic) bond motifs is 3. The fourth-order valence-corrected chi connectivity index (χ4v) is 5.93. The predicted molar refractivity (Wildman–Crippen MR) is 104 cm³/mol. The Morgan fingerprint density at radius 2 is 2.19 bits per heavy atom. The van der Waals surface area contributed by atoms with E-state index in [2.05, 4.69) is 46.7 Å². The second-order valence-electron chi connectivity index (χ2n) is 8.16. The summed E-state index contributed by atoms with van der Waals surface area (Å²) in [6, 6.07) is 9.41. The summed E-state index contributed by atoms with van der Waals surface area (Å²) in [5.74, 6) is 0.850. The molecule has 0 radical (unpaired) electrons. The van der Waals surface area contributed by atoms with Crippen LogP contribution < -0.4 is 0 Å². The third-order valence-electron chi connectivity index (χ3n) is 7.05. The van der Waals surface area contributed by atoms with Crippen molar-refractivity contribution < 1.29 is 4.74 Å². The topological polar surface area (TPSA) is 29.8 Å². The Hall–Kier alpha value is -2.07. The number of nitrogens with zero attached hydrogens (tertiary/aromatic N) is 3. The highest BCUT2D eigenvalue weighted by Crippen LogP contribution is 2.57. The van der Waals surface area contributed by atoms with E-state index in [9.17, 15) is 0 Å². The fourth-order valence-electron chi connectivity index (χ4n) is 5.93. The van der Waals surface area contributed by atoms with Gasteiger partial charge >= 0.3 is 0 Å². The summed E-state index contributed by atoms with van der Waals surface area (Å²) in [5.41, 5.74) is 5.81. The molecule has 4 aliphatic heterocycles. The number of hydrogen-bond donors (Lipinski definition) is 0. The van der Waals surface area contributed by atoms with Gasteiger partial charge in [0.2, 0.25) is 5.90 Å². The number of hydrogen-bond acceptors (Lipinski definition) is 3. The van der Waals surface area contributed by atoms with E-state index in [1.54, 1.807) is 5.56 Å². The molecule has 0 amide bonds. The molecule has 2 atom stereocenters. The van der Waals surface area contributed by atoms with Crippen LogP contribution in [0.5, 0.6) is 0 Å². The van der Waals surface area contributed by atoms with Gasteiger partial charge < -0.3 is 9.30 Å². The summed E-state index contributed by atoms with van der Waals surface area (Å²) < 4.78 is 8.46. The van der Waals surface area contributed by atoms with Crippen LogP contribution in [0.25, 0.3) is 16.6 Å². The highest BCUT2D eigenvalue weighted by molar-refractivity contribution is 6.17. The quantitative estimate of drug-likeness (QED) is 0.821. The molecule has 0 unspecified atom stereocenters. The van der Waals surface area contributed by atoms with Crippen molar-refractivity contribution in [3.63, 3.8) is 0 Å².